The molecule has 130 valence electrons. The molecule has 1 aliphatic heterocycles. The van der Waals surface area contributed by atoms with Crippen molar-refractivity contribution in [3.05, 3.63) is 35.3 Å². The van der Waals surface area contributed by atoms with Crippen LogP contribution in [0.15, 0.2) is 35.3 Å². The van der Waals surface area contributed by atoms with Crippen molar-refractivity contribution >= 4 is 5.78 Å². The number of allylic oxidation sites excluding steroid dienone is 2. The predicted molar refractivity (Wildman–Crippen MR) is 93.3 cm³/mol. The van der Waals surface area contributed by atoms with Crippen molar-refractivity contribution in [1.29, 1.82) is 0 Å². The second kappa shape index (κ2) is 4.77. The lowest BCUT2D eigenvalue weighted by Crippen LogP contribution is -2.58. The van der Waals surface area contributed by atoms with Gasteiger partial charge in [-0.25, -0.2) is 0 Å². The van der Waals surface area contributed by atoms with E-state index in [0.29, 0.717) is 23.0 Å². The van der Waals surface area contributed by atoms with Crippen LogP contribution >= 0.6 is 0 Å². The fraction of sp³-hybridized carbons (Fsp3) is 0.667. The second-order valence-electron chi connectivity index (χ2n) is 9.36. The minimum atomic E-state index is -0.358. The van der Waals surface area contributed by atoms with Gasteiger partial charge in [0.05, 0.1) is 0 Å². The third-order valence-corrected chi connectivity index (χ3v) is 7.35. The number of carbonyl (C=O) groups excluding carboxylic acids is 1. The largest absolute Gasteiger partial charge is 0.504 e. The molecule has 0 spiro atoms. The van der Waals surface area contributed by atoms with E-state index in [9.17, 15) is 9.90 Å². The van der Waals surface area contributed by atoms with E-state index >= 15 is 0 Å². The van der Waals surface area contributed by atoms with Gasteiger partial charge in [0.1, 0.15) is 11.4 Å². The van der Waals surface area contributed by atoms with Crippen molar-refractivity contribution in [2.75, 3.05) is 0 Å². The van der Waals surface area contributed by atoms with Crippen LogP contribution in [0.4, 0.5) is 0 Å². The van der Waals surface area contributed by atoms with Gasteiger partial charge in [-0.2, -0.15) is 0 Å². The van der Waals surface area contributed by atoms with Crippen LogP contribution in [0, 0.1) is 22.7 Å². The molecule has 0 aromatic heterocycles. The molecule has 3 heteroatoms. The molecule has 0 saturated heterocycles. The Morgan fingerprint density at radius 1 is 1.12 bits per heavy atom. The Morgan fingerprint density at radius 2 is 1.88 bits per heavy atom. The molecule has 24 heavy (non-hydrogen) atoms. The second-order valence-corrected chi connectivity index (χ2v) is 9.36. The van der Waals surface area contributed by atoms with Gasteiger partial charge in [0.2, 0.25) is 5.78 Å². The summed E-state index contributed by atoms with van der Waals surface area (Å²) in [5.74, 6) is 1.09. The predicted octanol–water partition coefficient (Wildman–Crippen LogP) is 4.85. The van der Waals surface area contributed by atoms with Crippen LogP contribution in [0.5, 0.6) is 0 Å². The summed E-state index contributed by atoms with van der Waals surface area (Å²) < 4.78 is 6.40. The highest BCUT2D eigenvalue weighted by molar-refractivity contribution is 6.04. The van der Waals surface area contributed by atoms with E-state index in [4.69, 9.17) is 4.74 Å². The van der Waals surface area contributed by atoms with Crippen LogP contribution in [-0.4, -0.2) is 16.5 Å². The maximum absolute atomic E-state index is 11.8. The molecule has 3 aliphatic carbocycles. The molecule has 2 saturated carbocycles. The zero-order valence-electron chi connectivity index (χ0n) is 15.2. The summed E-state index contributed by atoms with van der Waals surface area (Å²) in [5.41, 5.74) is 1.19. The van der Waals surface area contributed by atoms with Gasteiger partial charge in [-0.05, 0) is 55.4 Å². The van der Waals surface area contributed by atoms with Crippen molar-refractivity contribution in [1.82, 2.24) is 0 Å². The molecule has 0 unspecified atom stereocenters. The lowest BCUT2D eigenvalue weighted by Gasteiger charge is -2.62. The summed E-state index contributed by atoms with van der Waals surface area (Å²) in [6, 6.07) is 0. The highest BCUT2D eigenvalue weighted by Gasteiger charge is 2.60. The standard InChI is InChI=1S/C21H28O3/c1-19(2)7-5-8-20(3)17(19)6-9-21(4)18(20)11-13-10-14(22)15(23)12-16(13)24-21/h10-12,17-18,22H,5-9H2,1-4H3/t17-,18+,20+,21+/m0/s1. The molecule has 1 N–H and O–H groups in total. The molecule has 0 bridgehead atoms. The number of carbonyl (C=O) groups is 1. The molecule has 0 radical (unpaired) electrons. The van der Waals surface area contributed by atoms with Crippen LogP contribution in [0.1, 0.15) is 59.8 Å². The SMILES string of the molecule is CC1(C)CCC[C@@]2(C)[C@H]3C=C4C=C(O)C(=O)C=C4O[C@]3(C)CC[C@@H]12. The Morgan fingerprint density at radius 3 is 2.62 bits per heavy atom. The molecule has 0 aromatic carbocycles. The van der Waals surface area contributed by atoms with Gasteiger partial charge in [0.15, 0.2) is 5.76 Å². The molecule has 4 aliphatic rings. The summed E-state index contributed by atoms with van der Waals surface area (Å²) in [6.45, 7) is 9.49. The molecule has 0 amide bonds. The van der Waals surface area contributed by atoms with Gasteiger partial charge < -0.3 is 9.84 Å². The van der Waals surface area contributed by atoms with E-state index in [1.807, 2.05) is 0 Å². The van der Waals surface area contributed by atoms with Crippen LogP contribution < -0.4 is 0 Å². The Kier molecular flexibility index (Phi) is 3.18. The number of fused-ring (bicyclic) bond motifs is 4. The van der Waals surface area contributed by atoms with E-state index < -0.39 is 0 Å². The van der Waals surface area contributed by atoms with Crippen molar-refractivity contribution in [2.45, 2.75) is 65.4 Å². The number of ketones is 1. The number of rotatable bonds is 0. The van der Waals surface area contributed by atoms with Gasteiger partial charge in [-0.15, -0.1) is 0 Å². The minimum absolute atomic E-state index is 0.182. The quantitative estimate of drug-likeness (QED) is 0.691. The topological polar surface area (TPSA) is 46.5 Å². The van der Waals surface area contributed by atoms with Crippen LogP contribution in [-0.2, 0) is 9.53 Å². The molecule has 2 fully saturated rings. The average Bonchev–Trinajstić information content (AvgIpc) is 2.46. The van der Waals surface area contributed by atoms with Gasteiger partial charge in [-0.1, -0.05) is 33.3 Å². The Hall–Kier alpha value is -1.51. The average molecular weight is 328 g/mol. The van der Waals surface area contributed by atoms with Gasteiger partial charge in [0, 0.05) is 17.6 Å². The first-order chi connectivity index (χ1) is 11.2. The number of ether oxygens (including phenoxy) is 1. The zero-order chi connectivity index (χ0) is 17.3. The molecular formula is C21H28O3. The monoisotopic (exact) mass is 328 g/mol. The third-order valence-electron chi connectivity index (χ3n) is 7.35. The van der Waals surface area contributed by atoms with Crippen LogP contribution in [0.25, 0.3) is 0 Å². The summed E-state index contributed by atoms with van der Waals surface area (Å²) >= 11 is 0. The maximum atomic E-state index is 11.8. The lowest BCUT2D eigenvalue weighted by atomic mass is 9.45. The van der Waals surface area contributed by atoms with E-state index in [0.717, 1.165) is 12.0 Å². The Bertz CT molecular complexity index is 696. The lowest BCUT2D eigenvalue weighted by molar-refractivity contribution is -0.162. The van der Waals surface area contributed by atoms with Crippen molar-refractivity contribution < 1.29 is 14.6 Å². The fourth-order valence-electron chi connectivity index (χ4n) is 6.24. The summed E-state index contributed by atoms with van der Waals surface area (Å²) in [6.07, 6.45) is 11.3. The maximum Gasteiger partial charge on any atom is 0.223 e. The first-order valence-corrected chi connectivity index (χ1v) is 9.24. The molecule has 4 atom stereocenters. The highest BCUT2D eigenvalue weighted by atomic mass is 16.5. The van der Waals surface area contributed by atoms with Crippen molar-refractivity contribution in [3.63, 3.8) is 0 Å². The molecule has 4 rings (SSSR count). The Labute approximate surface area is 144 Å². The minimum Gasteiger partial charge on any atom is -0.504 e. The van der Waals surface area contributed by atoms with Gasteiger partial charge in [0.25, 0.3) is 0 Å². The zero-order valence-corrected chi connectivity index (χ0v) is 15.2. The van der Waals surface area contributed by atoms with E-state index in [2.05, 4.69) is 33.8 Å². The first kappa shape index (κ1) is 16.0. The first-order valence-electron chi connectivity index (χ1n) is 9.24. The van der Waals surface area contributed by atoms with Crippen molar-refractivity contribution in [3.8, 4) is 0 Å². The van der Waals surface area contributed by atoms with Crippen LogP contribution in [0.2, 0.25) is 0 Å². The summed E-state index contributed by atoms with van der Waals surface area (Å²) in [4.78, 5) is 11.8. The van der Waals surface area contributed by atoms with Gasteiger partial charge in [-0.3, -0.25) is 4.79 Å². The fourth-order valence-corrected chi connectivity index (χ4v) is 6.24. The van der Waals surface area contributed by atoms with Gasteiger partial charge >= 0.3 is 0 Å². The van der Waals surface area contributed by atoms with E-state index in [1.165, 1.54) is 31.8 Å². The normalized spacial score (nSPS) is 43.3. The molecule has 3 nitrogen and oxygen atoms in total. The summed E-state index contributed by atoms with van der Waals surface area (Å²) in [5, 5.41) is 9.83. The Balaban J connectivity index is 1.82. The van der Waals surface area contributed by atoms with E-state index in [-0.39, 0.29) is 22.6 Å². The number of hydrogen-bond acceptors (Lipinski definition) is 3. The van der Waals surface area contributed by atoms with E-state index in [1.54, 1.807) is 6.08 Å². The third kappa shape index (κ3) is 2.06. The number of aliphatic hydroxyl groups is 1. The molecule has 0 aromatic rings. The highest BCUT2D eigenvalue weighted by Crippen LogP contribution is 2.64. The van der Waals surface area contributed by atoms with Crippen molar-refractivity contribution in [2.24, 2.45) is 22.7 Å². The number of aliphatic hydroxyl groups excluding tert-OH is 1. The molecule has 1 heterocycles. The number of hydrogen-bond donors (Lipinski definition) is 1. The smallest absolute Gasteiger partial charge is 0.223 e. The summed E-state index contributed by atoms with van der Waals surface area (Å²) in [7, 11) is 0. The molecular weight excluding hydrogens is 300 g/mol. The van der Waals surface area contributed by atoms with Crippen LogP contribution in [0.3, 0.4) is 0 Å².